The Morgan fingerprint density at radius 3 is 2.86 bits per heavy atom. The molecular formula is C15H17F3N2S. The molecule has 1 saturated heterocycles. The van der Waals surface area contributed by atoms with Crippen molar-refractivity contribution >= 4 is 22.7 Å². The molecule has 0 saturated carbocycles. The van der Waals surface area contributed by atoms with E-state index in [-0.39, 0.29) is 16.7 Å². The Hall–Kier alpha value is -1.14. The molecule has 21 heavy (non-hydrogen) atoms. The molecule has 114 valence electrons. The molecule has 1 aliphatic heterocycles. The first-order valence-electron chi connectivity index (χ1n) is 6.98. The van der Waals surface area contributed by atoms with Crippen LogP contribution in [-0.2, 0) is 6.42 Å². The summed E-state index contributed by atoms with van der Waals surface area (Å²) in [6.45, 7) is 1.10. The summed E-state index contributed by atoms with van der Waals surface area (Å²) in [5.74, 6) is 0. The zero-order chi connectivity index (χ0) is 15.0. The fourth-order valence-corrected chi connectivity index (χ4v) is 3.59. The maximum atomic E-state index is 12.5. The van der Waals surface area contributed by atoms with Gasteiger partial charge in [0.05, 0.1) is 0 Å². The number of fused-ring (bicyclic) bond motifs is 1. The van der Waals surface area contributed by atoms with Gasteiger partial charge in [0, 0.05) is 28.0 Å². The average molecular weight is 314 g/mol. The van der Waals surface area contributed by atoms with Gasteiger partial charge in [-0.3, -0.25) is 0 Å². The second-order valence-electron chi connectivity index (χ2n) is 5.55. The number of aromatic amines is 1. The Labute approximate surface area is 125 Å². The SMILES string of the molecule is CN1CCC[C@@H]1Cc1c[nH]c2ccc(SC(F)(F)F)cc12. The van der Waals surface area contributed by atoms with Gasteiger partial charge in [-0.05, 0) is 68.4 Å². The molecule has 2 heterocycles. The normalized spacial score (nSPS) is 20.5. The molecule has 1 atom stereocenters. The lowest BCUT2D eigenvalue weighted by Crippen LogP contribution is -2.26. The van der Waals surface area contributed by atoms with Crippen molar-refractivity contribution < 1.29 is 13.2 Å². The largest absolute Gasteiger partial charge is 0.446 e. The summed E-state index contributed by atoms with van der Waals surface area (Å²) in [7, 11) is 2.11. The number of alkyl halides is 3. The van der Waals surface area contributed by atoms with E-state index in [0.717, 1.165) is 35.9 Å². The number of aromatic nitrogens is 1. The van der Waals surface area contributed by atoms with Crippen LogP contribution in [-0.4, -0.2) is 35.0 Å². The summed E-state index contributed by atoms with van der Waals surface area (Å²) in [4.78, 5) is 5.73. The van der Waals surface area contributed by atoms with Gasteiger partial charge in [-0.1, -0.05) is 0 Å². The fourth-order valence-electron chi connectivity index (χ4n) is 3.01. The number of rotatable bonds is 3. The highest BCUT2D eigenvalue weighted by molar-refractivity contribution is 8.00. The van der Waals surface area contributed by atoms with Crippen molar-refractivity contribution in [3.63, 3.8) is 0 Å². The molecule has 1 aromatic carbocycles. The van der Waals surface area contributed by atoms with Gasteiger partial charge in [0.1, 0.15) is 0 Å². The molecule has 2 nitrogen and oxygen atoms in total. The van der Waals surface area contributed by atoms with Crippen LogP contribution >= 0.6 is 11.8 Å². The second kappa shape index (κ2) is 5.57. The number of hydrogen-bond acceptors (Lipinski definition) is 2. The lowest BCUT2D eigenvalue weighted by atomic mass is 10.0. The second-order valence-corrected chi connectivity index (χ2v) is 6.69. The van der Waals surface area contributed by atoms with Gasteiger partial charge in [0.2, 0.25) is 0 Å². The van der Waals surface area contributed by atoms with Crippen molar-refractivity contribution in [2.24, 2.45) is 0 Å². The minimum atomic E-state index is -4.24. The lowest BCUT2D eigenvalue weighted by molar-refractivity contribution is -0.0328. The number of nitrogens with zero attached hydrogens (tertiary/aromatic N) is 1. The molecule has 6 heteroatoms. The van der Waals surface area contributed by atoms with Crippen LogP contribution < -0.4 is 0 Å². The standard InChI is InChI=1S/C15H17F3N2S/c1-20-6-2-3-11(20)7-10-9-19-14-5-4-12(8-13(10)14)21-15(16,17)18/h4-5,8-9,11,19H,2-3,6-7H2,1H3/t11-/m1/s1. The van der Waals surface area contributed by atoms with Crippen molar-refractivity contribution in [1.82, 2.24) is 9.88 Å². The zero-order valence-corrected chi connectivity index (χ0v) is 12.5. The minimum absolute atomic E-state index is 0.0533. The van der Waals surface area contributed by atoms with E-state index >= 15 is 0 Å². The number of halogens is 3. The van der Waals surface area contributed by atoms with Gasteiger partial charge < -0.3 is 9.88 Å². The summed E-state index contributed by atoms with van der Waals surface area (Å²) < 4.78 is 37.5. The maximum absolute atomic E-state index is 12.5. The molecule has 1 N–H and O–H groups in total. The first-order chi connectivity index (χ1) is 9.92. The Kier molecular flexibility index (Phi) is 3.92. The van der Waals surface area contributed by atoms with Crippen LogP contribution in [0.3, 0.4) is 0 Å². The van der Waals surface area contributed by atoms with Crippen LogP contribution in [0.1, 0.15) is 18.4 Å². The summed E-state index contributed by atoms with van der Waals surface area (Å²) in [5.41, 5.74) is -2.24. The van der Waals surface area contributed by atoms with E-state index in [1.807, 2.05) is 6.20 Å². The highest BCUT2D eigenvalue weighted by Crippen LogP contribution is 2.38. The minimum Gasteiger partial charge on any atom is -0.361 e. The lowest BCUT2D eigenvalue weighted by Gasteiger charge is -2.18. The molecule has 1 fully saturated rings. The van der Waals surface area contributed by atoms with Crippen molar-refractivity contribution in [3.8, 4) is 0 Å². The highest BCUT2D eigenvalue weighted by atomic mass is 32.2. The van der Waals surface area contributed by atoms with Gasteiger partial charge >= 0.3 is 5.51 Å². The molecule has 0 bridgehead atoms. The first-order valence-corrected chi connectivity index (χ1v) is 7.80. The van der Waals surface area contributed by atoms with Gasteiger partial charge in [0.25, 0.3) is 0 Å². The molecule has 0 amide bonds. The van der Waals surface area contributed by atoms with E-state index < -0.39 is 5.51 Å². The summed E-state index contributed by atoms with van der Waals surface area (Å²) >= 11 is -0.0533. The Morgan fingerprint density at radius 2 is 2.19 bits per heavy atom. The summed E-state index contributed by atoms with van der Waals surface area (Å²) in [6.07, 6.45) is 5.16. The van der Waals surface area contributed by atoms with Crippen LogP contribution in [0, 0.1) is 0 Å². The third-order valence-corrected chi connectivity index (χ3v) is 4.82. The topological polar surface area (TPSA) is 19.0 Å². The van der Waals surface area contributed by atoms with E-state index in [2.05, 4.69) is 16.9 Å². The van der Waals surface area contributed by atoms with Crippen LogP contribution in [0.5, 0.6) is 0 Å². The third kappa shape index (κ3) is 3.37. The zero-order valence-electron chi connectivity index (χ0n) is 11.7. The average Bonchev–Trinajstić information content (AvgIpc) is 2.96. The Balaban J connectivity index is 1.87. The quantitative estimate of drug-likeness (QED) is 0.846. The molecule has 0 aliphatic carbocycles. The molecule has 2 aromatic rings. The first kappa shape index (κ1) is 14.8. The smallest absolute Gasteiger partial charge is 0.361 e. The van der Waals surface area contributed by atoms with Gasteiger partial charge in [-0.2, -0.15) is 13.2 Å². The molecule has 0 unspecified atom stereocenters. The third-order valence-electron chi connectivity index (χ3n) is 4.10. The van der Waals surface area contributed by atoms with Crippen molar-refractivity contribution in [2.45, 2.75) is 35.7 Å². The number of likely N-dealkylation sites (N-methyl/N-ethyl adjacent to an activating group) is 1. The number of likely N-dealkylation sites (tertiary alicyclic amines) is 1. The number of nitrogens with one attached hydrogen (secondary N) is 1. The van der Waals surface area contributed by atoms with E-state index in [1.54, 1.807) is 12.1 Å². The van der Waals surface area contributed by atoms with Crippen molar-refractivity contribution in [3.05, 3.63) is 30.0 Å². The summed E-state index contributed by atoms with van der Waals surface area (Å²) in [6, 6.07) is 5.38. The van der Waals surface area contributed by atoms with E-state index in [9.17, 15) is 13.2 Å². The highest BCUT2D eigenvalue weighted by Gasteiger charge is 2.29. The Bertz CT molecular complexity index is 635. The van der Waals surface area contributed by atoms with Crippen molar-refractivity contribution in [2.75, 3.05) is 13.6 Å². The predicted molar refractivity (Wildman–Crippen MR) is 79.6 cm³/mol. The fraction of sp³-hybridized carbons (Fsp3) is 0.467. The number of H-pyrrole nitrogens is 1. The number of hydrogen-bond donors (Lipinski definition) is 1. The van der Waals surface area contributed by atoms with Crippen LogP contribution in [0.25, 0.3) is 10.9 Å². The number of thioether (sulfide) groups is 1. The van der Waals surface area contributed by atoms with Gasteiger partial charge in [0.15, 0.2) is 0 Å². The van der Waals surface area contributed by atoms with E-state index in [0.29, 0.717) is 6.04 Å². The molecule has 0 radical (unpaired) electrons. The molecule has 1 aliphatic rings. The maximum Gasteiger partial charge on any atom is 0.446 e. The molecule has 1 aromatic heterocycles. The Morgan fingerprint density at radius 1 is 1.38 bits per heavy atom. The van der Waals surface area contributed by atoms with Crippen molar-refractivity contribution in [1.29, 1.82) is 0 Å². The summed E-state index contributed by atoms with van der Waals surface area (Å²) in [5, 5.41) is 0.907. The number of benzene rings is 1. The van der Waals surface area contributed by atoms with Crippen LogP contribution in [0.2, 0.25) is 0 Å². The molecule has 3 rings (SSSR count). The van der Waals surface area contributed by atoms with Crippen LogP contribution in [0.4, 0.5) is 13.2 Å². The van der Waals surface area contributed by atoms with Crippen LogP contribution in [0.15, 0.2) is 29.3 Å². The van der Waals surface area contributed by atoms with Gasteiger partial charge in [-0.25, -0.2) is 0 Å². The monoisotopic (exact) mass is 314 g/mol. The molecular weight excluding hydrogens is 297 g/mol. The van der Waals surface area contributed by atoms with Gasteiger partial charge in [-0.15, -0.1) is 0 Å². The van der Waals surface area contributed by atoms with E-state index in [4.69, 9.17) is 0 Å². The van der Waals surface area contributed by atoms with E-state index in [1.165, 1.54) is 12.5 Å². The predicted octanol–water partition coefficient (Wildman–Crippen LogP) is 4.42. The molecule has 0 spiro atoms.